The lowest BCUT2D eigenvalue weighted by atomic mass is 10.0. The van der Waals surface area contributed by atoms with Crippen LogP contribution in [0.2, 0.25) is 0 Å². The molecule has 3 aliphatic rings. The third-order valence-electron chi connectivity index (χ3n) is 7.44. The summed E-state index contributed by atoms with van der Waals surface area (Å²) in [7, 11) is -2.64. The zero-order valence-corrected chi connectivity index (χ0v) is 28.3. The molecular formula is C30H29Br2N7O6S. The second-order valence-corrected chi connectivity index (χ2v) is 14.5. The van der Waals surface area contributed by atoms with E-state index in [1.807, 2.05) is 29.2 Å². The Kier molecular flexibility index (Phi) is 10.9. The van der Waals surface area contributed by atoms with E-state index < -0.39 is 28.4 Å². The Balaban J connectivity index is 1.24. The number of nitrogens with zero attached hydrogens (tertiary/aromatic N) is 5. The number of anilines is 1. The first-order valence-corrected chi connectivity index (χ1v) is 17.7. The van der Waals surface area contributed by atoms with Crippen LogP contribution in [0.15, 0.2) is 71.7 Å². The lowest BCUT2D eigenvalue weighted by Crippen LogP contribution is -2.50. The fraction of sp³-hybridized carbons (Fsp3) is 0.333. The number of ether oxygens (including phenoxy) is 1. The Morgan fingerprint density at radius 3 is 2.57 bits per heavy atom. The molecule has 0 saturated carbocycles. The number of hydrogen-bond donors (Lipinski definition) is 4. The number of phenolic OH excluding ortho intramolecular Hbond substituents is 1. The molecule has 1 atom stereocenters. The van der Waals surface area contributed by atoms with E-state index in [-0.39, 0.29) is 24.2 Å². The van der Waals surface area contributed by atoms with Crippen LogP contribution >= 0.6 is 31.9 Å². The highest BCUT2D eigenvalue weighted by Crippen LogP contribution is 2.34. The average molecular weight is 775 g/mol. The molecule has 0 radical (unpaired) electrons. The highest BCUT2D eigenvalue weighted by molar-refractivity contribution is 9.11. The van der Waals surface area contributed by atoms with Gasteiger partial charge in [-0.05, 0) is 86.2 Å². The zero-order valence-electron chi connectivity index (χ0n) is 24.3. The summed E-state index contributed by atoms with van der Waals surface area (Å²) in [6, 6.07) is 10.7. The molecule has 3 aliphatic heterocycles. The van der Waals surface area contributed by atoms with Gasteiger partial charge in [-0.1, -0.05) is 18.2 Å². The van der Waals surface area contributed by atoms with Crippen LogP contribution in [0, 0.1) is 0 Å². The molecule has 0 spiro atoms. The molecule has 0 bridgehead atoms. The maximum atomic E-state index is 13.2. The number of hydrogen-bond acceptors (Lipinski definition) is 7. The van der Waals surface area contributed by atoms with Crippen molar-refractivity contribution in [1.29, 1.82) is 0 Å². The molecular weight excluding hydrogens is 746 g/mol. The van der Waals surface area contributed by atoms with Gasteiger partial charge in [0.05, 0.1) is 32.8 Å². The van der Waals surface area contributed by atoms with Gasteiger partial charge in [0, 0.05) is 54.0 Å². The summed E-state index contributed by atoms with van der Waals surface area (Å²) < 4.78 is 24.2. The number of carbonyl (C=O) groups excluding carboxylic acids is 3. The standard InChI is InChI=1S/C30H29Br2N7O6S/c31-23-16-20(17-24(32)27(23)40)18-26(28(41)34-10-3-9-33-11-12-35-46(44)19-36-46)45-30(43)38-13-7-22(8-14-38)39-15-6-21-4-1-2-5-25(21)37-29(39)42/h1-2,4-5,9,16-17,22,26,40,46H,6-8,13-15,18-19H2,(H,36,44)(H,37,42)/t26-/m1/s1. The summed E-state index contributed by atoms with van der Waals surface area (Å²) >= 11 is 6.55. The maximum absolute atomic E-state index is 13.2. The molecule has 5 rings (SSSR count). The highest BCUT2D eigenvalue weighted by atomic mass is 79.9. The molecule has 240 valence electrons. The van der Waals surface area contributed by atoms with Crippen LogP contribution in [0.1, 0.15) is 24.0 Å². The van der Waals surface area contributed by atoms with Crippen molar-refractivity contribution in [3.05, 3.63) is 68.4 Å². The quantitative estimate of drug-likeness (QED) is 0.145. The molecule has 0 aliphatic carbocycles. The van der Waals surface area contributed by atoms with E-state index in [1.165, 1.54) is 4.90 Å². The third-order valence-corrected chi connectivity index (χ3v) is 9.93. The smallest absolute Gasteiger partial charge is 0.410 e. The molecule has 2 aromatic rings. The Morgan fingerprint density at radius 1 is 1.13 bits per heavy atom. The van der Waals surface area contributed by atoms with Gasteiger partial charge < -0.3 is 25.0 Å². The number of piperidine rings is 1. The Labute approximate surface area is 282 Å². The van der Waals surface area contributed by atoms with Gasteiger partial charge in [0.2, 0.25) is 0 Å². The molecule has 13 nitrogen and oxygen atoms in total. The SMILES string of the molecule is O=C(N=C=C=CN=C=C=N[SH]1(=O)CN1)[C@@H](Cc1cc(Br)c(O)c(Br)c1)OC(=O)N1CCC(N2CCc3ccccc3NC2=O)CC1. The van der Waals surface area contributed by atoms with Crippen molar-refractivity contribution in [2.75, 3.05) is 30.8 Å². The van der Waals surface area contributed by atoms with Crippen molar-refractivity contribution in [3.8, 4) is 5.75 Å². The van der Waals surface area contributed by atoms with E-state index >= 15 is 0 Å². The summed E-state index contributed by atoms with van der Waals surface area (Å²) in [5, 5.41) is 13.1. The maximum Gasteiger partial charge on any atom is 0.410 e. The van der Waals surface area contributed by atoms with E-state index in [0.29, 0.717) is 52.9 Å². The van der Waals surface area contributed by atoms with E-state index in [0.717, 1.165) is 23.9 Å². The molecule has 2 saturated heterocycles. The summed E-state index contributed by atoms with van der Waals surface area (Å²) in [5.41, 5.74) is 4.92. The molecule has 0 unspecified atom stereocenters. The van der Waals surface area contributed by atoms with Crippen LogP contribution in [0.3, 0.4) is 0 Å². The van der Waals surface area contributed by atoms with Gasteiger partial charge in [0.1, 0.15) is 5.75 Å². The third kappa shape index (κ3) is 8.79. The number of aromatic hydroxyl groups is 1. The normalized spacial score (nSPS) is 18.0. The van der Waals surface area contributed by atoms with Crippen molar-refractivity contribution in [2.45, 2.75) is 37.8 Å². The van der Waals surface area contributed by atoms with Crippen molar-refractivity contribution >= 4 is 83.5 Å². The van der Waals surface area contributed by atoms with E-state index in [1.54, 1.807) is 12.1 Å². The number of aliphatic imine (C=N–C) groups is 2. The second kappa shape index (κ2) is 15.0. The minimum Gasteiger partial charge on any atom is -0.506 e. The number of urea groups is 1. The zero-order chi connectivity index (χ0) is 32.7. The van der Waals surface area contributed by atoms with Crippen LogP contribution < -0.4 is 10.0 Å². The Morgan fingerprint density at radius 2 is 1.85 bits per heavy atom. The van der Waals surface area contributed by atoms with E-state index in [2.05, 4.69) is 79.6 Å². The minimum atomic E-state index is -2.64. The fourth-order valence-electron chi connectivity index (χ4n) is 4.94. The molecule has 3 heterocycles. The largest absolute Gasteiger partial charge is 0.506 e. The number of rotatable bonds is 7. The van der Waals surface area contributed by atoms with Gasteiger partial charge in [-0.3, -0.25) is 4.79 Å². The van der Waals surface area contributed by atoms with Crippen LogP contribution in [-0.4, -0.2) is 92.4 Å². The number of para-hydroxylation sites is 1. The van der Waals surface area contributed by atoms with Crippen molar-refractivity contribution in [3.63, 3.8) is 0 Å². The number of thiol groups is 1. The molecule has 3 N–H and O–H groups in total. The van der Waals surface area contributed by atoms with Gasteiger partial charge in [0.25, 0.3) is 5.91 Å². The van der Waals surface area contributed by atoms with Gasteiger partial charge >= 0.3 is 12.1 Å². The average Bonchev–Trinajstić information content (AvgIpc) is 3.81. The topological polar surface area (TPSA) is 175 Å². The molecule has 2 aromatic carbocycles. The minimum absolute atomic E-state index is 0.0140. The summed E-state index contributed by atoms with van der Waals surface area (Å²) in [4.78, 5) is 50.0. The summed E-state index contributed by atoms with van der Waals surface area (Å²) in [6.45, 7) is 1.24. The van der Waals surface area contributed by atoms with E-state index in [9.17, 15) is 23.7 Å². The van der Waals surface area contributed by atoms with E-state index in [4.69, 9.17) is 4.74 Å². The summed E-state index contributed by atoms with van der Waals surface area (Å²) in [5.74, 6) is 6.46. The number of likely N-dealkylation sites (tertiary alicyclic amines) is 1. The van der Waals surface area contributed by atoms with Crippen molar-refractivity contribution in [1.82, 2.24) is 14.5 Å². The number of benzene rings is 2. The Bertz CT molecular complexity index is 1770. The predicted molar refractivity (Wildman–Crippen MR) is 181 cm³/mol. The number of phenols is 1. The summed E-state index contributed by atoms with van der Waals surface area (Å²) in [6.07, 6.45) is 0.910. The molecule has 2 fully saturated rings. The first kappa shape index (κ1) is 33.3. The van der Waals surface area contributed by atoms with Gasteiger partial charge in [-0.15, -0.1) is 4.40 Å². The monoisotopic (exact) mass is 773 g/mol. The number of amides is 4. The number of halogens is 2. The number of carbonyl (C=O) groups is 3. The number of nitrogens with one attached hydrogen (secondary N) is 2. The number of fused-ring (bicyclic) bond motifs is 1. The first-order chi connectivity index (χ1) is 22.1. The van der Waals surface area contributed by atoms with Crippen LogP contribution in [-0.2, 0) is 32.7 Å². The van der Waals surface area contributed by atoms with Gasteiger partial charge in [-0.2, -0.15) is 9.98 Å². The van der Waals surface area contributed by atoms with Crippen LogP contribution in [0.4, 0.5) is 15.3 Å². The second-order valence-electron chi connectivity index (χ2n) is 10.5. The van der Waals surface area contributed by atoms with Crippen molar-refractivity contribution < 1.29 is 28.4 Å². The highest BCUT2D eigenvalue weighted by Gasteiger charge is 2.33. The van der Waals surface area contributed by atoms with Gasteiger partial charge in [0.15, 0.2) is 6.10 Å². The van der Waals surface area contributed by atoms with Crippen molar-refractivity contribution in [2.24, 2.45) is 14.4 Å². The predicted octanol–water partition coefficient (Wildman–Crippen LogP) is 3.69. The molecule has 46 heavy (non-hydrogen) atoms. The lowest BCUT2D eigenvalue weighted by molar-refractivity contribution is -0.126. The molecule has 4 amide bonds. The fourth-order valence-corrected chi connectivity index (χ4v) is 7.05. The Hall–Kier alpha value is -4.09. The van der Waals surface area contributed by atoms with Crippen LogP contribution in [0.25, 0.3) is 0 Å². The lowest BCUT2D eigenvalue weighted by Gasteiger charge is -2.37. The van der Waals surface area contributed by atoms with Gasteiger partial charge in [-0.25, -0.2) is 18.5 Å². The molecule has 16 heteroatoms. The first-order valence-electron chi connectivity index (χ1n) is 14.2. The molecule has 0 aromatic heterocycles. The van der Waals surface area contributed by atoms with Crippen LogP contribution in [0.5, 0.6) is 5.75 Å².